The van der Waals surface area contributed by atoms with Crippen LogP contribution in [0, 0.1) is 5.82 Å². The quantitative estimate of drug-likeness (QED) is 0.694. The lowest BCUT2D eigenvalue weighted by Gasteiger charge is -2.32. The minimum absolute atomic E-state index is 0.147. The maximum atomic E-state index is 13.8. The molecule has 25 heavy (non-hydrogen) atoms. The topological polar surface area (TPSA) is 81.0 Å². The number of carbonyl (C=O) groups excluding carboxylic acids is 1. The highest BCUT2D eigenvalue weighted by molar-refractivity contribution is 5.76. The van der Waals surface area contributed by atoms with Crippen LogP contribution in [0.2, 0.25) is 0 Å². The molecule has 5 nitrogen and oxygen atoms in total. The van der Waals surface area contributed by atoms with Crippen molar-refractivity contribution >= 4 is 5.91 Å². The minimum Gasteiger partial charge on any atom is -0.370 e. The van der Waals surface area contributed by atoms with Crippen LogP contribution >= 0.6 is 0 Å². The molecule has 0 saturated heterocycles. The highest BCUT2D eigenvalue weighted by Crippen LogP contribution is 2.37. The Morgan fingerprint density at radius 1 is 1.20 bits per heavy atom. The number of aromatic nitrogens is 2. The van der Waals surface area contributed by atoms with Crippen molar-refractivity contribution in [3.05, 3.63) is 89.8 Å². The normalized spacial score (nSPS) is 13.3. The highest BCUT2D eigenvalue weighted by Gasteiger charge is 2.39. The van der Waals surface area contributed by atoms with Crippen molar-refractivity contribution in [3.63, 3.8) is 0 Å². The van der Waals surface area contributed by atoms with Gasteiger partial charge in [-0.25, -0.2) is 9.37 Å². The molecule has 0 saturated carbocycles. The van der Waals surface area contributed by atoms with E-state index in [4.69, 9.17) is 10.5 Å². The molecule has 3 aromatic rings. The zero-order valence-electron chi connectivity index (χ0n) is 13.5. The van der Waals surface area contributed by atoms with E-state index in [-0.39, 0.29) is 13.0 Å². The molecule has 0 aliphatic carbocycles. The summed E-state index contributed by atoms with van der Waals surface area (Å²) in [7, 11) is 0. The molecular weight excluding hydrogens is 321 g/mol. The van der Waals surface area contributed by atoms with Gasteiger partial charge in [-0.05, 0) is 23.3 Å². The minimum atomic E-state index is -1.25. The number of hydrogen-bond acceptors (Lipinski definition) is 3. The number of halogens is 1. The Morgan fingerprint density at radius 3 is 2.64 bits per heavy atom. The van der Waals surface area contributed by atoms with Gasteiger partial charge in [0, 0.05) is 0 Å². The van der Waals surface area contributed by atoms with Gasteiger partial charge in [0.2, 0.25) is 5.91 Å². The largest absolute Gasteiger partial charge is 0.370 e. The van der Waals surface area contributed by atoms with Gasteiger partial charge in [0.25, 0.3) is 0 Å². The number of nitrogens with two attached hydrogens (primary N) is 1. The summed E-state index contributed by atoms with van der Waals surface area (Å²) in [6.45, 7) is 0.226. The second-order valence-electron chi connectivity index (χ2n) is 5.72. The van der Waals surface area contributed by atoms with Crippen molar-refractivity contribution in [2.75, 3.05) is 0 Å². The molecule has 3 rings (SSSR count). The van der Waals surface area contributed by atoms with Gasteiger partial charge in [0.15, 0.2) is 0 Å². The van der Waals surface area contributed by atoms with Crippen LogP contribution < -0.4 is 5.73 Å². The van der Waals surface area contributed by atoms with Crippen LogP contribution in [0.1, 0.15) is 23.2 Å². The van der Waals surface area contributed by atoms with Crippen molar-refractivity contribution in [1.29, 1.82) is 0 Å². The Morgan fingerprint density at radius 2 is 2.00 bits per heavy atom. The molecule has 1 unspecified atom stereocenters. The number of imidazole rings is 1. The van der Waals surface area contributed by atoms with E-state index in [1.807, 2.05) is 30.3 Å². The molecule has 1 heterocycles. The first-order valence-electron chi connectivity index (χ1n) is 7.81. The fourth-order valence-corrected chi connectivity index (χ4v) is 2.81. The number of H-pyrrole nitrogens is 1. The van der Waals surface area contributed by atoms with Crippen LogP contribution in [-0.4, -0.2) is 15.9 Å². The molecule has 0 aliphatic heterocycles. The first kappa shape index (κ1) is 16.9. The summed E-state index contributed by atoms with van der Waals surface area (Å²) in [4.78, 5) is 18.8. The number of nitrogens with zero attached hydrogens (tertiary/aromatic N) is 1. The fraction of sp³-hybridized carbons (Fsp3) is 0.158. The summed E-state index contributed by atoms with van der Waals surface area (Å²) >= 11 is 0. The van der Waals surface area contributed by atoms with Crippen LogP contribution in [0.4, 0.5) is 4.39 Å². The number of aromatic amines is 1. The summed E-state index contributed by atoms with van der Waals surface area (Å²) in [6, 6.07) is 15.5. The van der Waals surface area contributed by atoms with Gasteiger partial charge in [0.05, 0.1) is 31.2 Å². The van der Waals surface area contributed by atoms with Gasteiger partial charge in [-0.2, -0.15) is 0 Å². The van der Waals surface area contributed by atoms with Gasteiger partial charge in [-0.3, -0.25) is 4.79 Å². The van der Waals surface area contributed by atoms with Crippen molar-refractivity contribution in [3.8, 4) is 0 Å². The molecule has 3 N–H and O–H groups in total. The van der Waals surface area contributed by atoms with E-state index in [0.29, 0.717) is 11.3 Å². The molecule has 1 atom stereocenters. The molecule has 0 radical (unpaired) electrons. The number of ether oxygens (including phenoxy) is 1. The van der Waals surface area contributed by atoms with Crippen molar-refractivity contribution < 1.29 is 13.9 Å². The highest BCUT2D eigenvalue weighted by atomic mass is 19.1. The number of amides is 1. The van der Waals surface area contributed by atoms with Gasteiger partial charge >= 0.3 is 0 Å². The molecule has 6 heteroatoms. The number of primary amides is 1. The third kappa shape index (κ3) is 3.75. The summed E-state index contributed by atoms with van der Waals surface area (Å²) < 4.78 is 20.0. The average molecular weight is 339 g/mol. The van der Waals surface area contributed by atoms with Gasteiger partial charge in [-0.15, -0.1) is 0 Å². The number of nitrogens with one attached hydrogen (secondary N) is 1. The number of rotatable bonds is 7. The van der Waals surface area contributed by atoms with E-state index in [1.54, 1.807) is 18.3 Å². The Labute approximate surface area is 144 Å². The standard InChI is InChI=1S/C19H18FN3O2/c20-16-8-4-7-15(9-16)19(10-18(21)24,17-11-22-13-23-17)25-12-14-5-2-1-3-6-14/h1-9,11,13H,10,12H2,(H2,21,24)(H,22,23). The predicted molar refractivity (Wildman–Crippen MR) is 90.8 cm³/mol. The molecule has 0 bridgehead atoms. The maximum absolute atomic E-state index is 13.8. The molecule has 128 valence electrons. The lowest BCUT2D eigenvalue weighted by molar-refractivity contribution is -0.125. The molecule has 0 fully saturated rings. The molecule has 1 amide bonds. The molecule has 0 spiro atoms. The number of carbonyl (C=O) groups is 1. The monoisotopic (exact) mass is 339 g/mol. The fourth-order valence-electron chi connectivity index (χ4n) is 2.81. The first-order valence-corrected chi connectivity index (χ1v) is 7.81. The van der Waals surface area contributed by atoms with Crippen LogP contribution in [0.15, 0.2) is 67.1 Å². The van der Waals surface area contributed by atoms with Gasteiger partial charge in [-0.1, -0.05) is 42.5 Å². The summed E-state index contributed by atoms with van der Waals surface area (Å²) in [5.41, 5.74) is 6.18. The number of hydrogen-bond donors (Lipinski definition) is 2. The Kier molecular flexibility index (Phi) is 4.90. The van der Waals surface area contributed by atoms with E-state index in [0.717, 1.165) is 5.56 Å². The van der Waals surface area contributed by atoms with Crippen LogP contribution in [-0.2, 0) is 21.7 Å². The van der Waals surface area contributed by atoms with Crippen molar-refractivity contribution in [2.45, 2.75) is 18.6 Å². The Bertz CT molecular complexity index is 837. The lowest BCUT2D eigenvalue weighted by Crippen LogP contribution is -2.36. The predicted octanol–water partition coefficient (Wildman–Crippen LogP) is 2.88. The lowest BCUT2D eigenvalue weighted by atomic mass is 9.86. The van der Waals surface area contributed by atoms with Gasteiger partial charge < -0.3 is 15.5 Å². The third-order valence-electron chi connectivity index (χ3n) is 3.98. The number of benzene rings is 2. The third-order valence-corrected chi connectivity index (χ3v) is 3.98. The van der Waals surface area contributed by atoms with E-state index in [9.17, 15) is 9.18 Å². The second kappa shape index (κ2) is 7.27. The molecule has 0 aliphatic rings. The van der Waals surface area contributed by atoms with Gasteiger partial charge in [0.1, 0.15) is 11.4 Å². The van der Waals surface area contributed by atoms with E-state index < -0.39 is 17.3 Å². The Balaban J connectivity index is 2.06. The first-order chi connectivity index (χ1) is 12.1. The zero-order chi connectivity index (χ0) is 17.7. The molecular formula is C19H18FN3O2. The molecule has 1 aromatic heterocycles. The van der Waals surface area contributed by atoms with E-state index >= 15 is 0 Å². The van der Waals surface area contributed by atoms with E-state index in [1.165, 1.54) is 18.5 Å². The van der Waals surface area contributed by atoms with Crippen molar-refractivity contribution in [1.82, 2.24) is 9.97 Å². The SMILES string of the molecule is NC(=O)CC(OCc1ccccc1)(c1cccc(F)c1)c1cnc[nH]1. The molecule has 2 aromatic carbocycles. The summed E-state index contributed by atoms with van der Waals surface area (Å²) in [5, 5.41) is 0. The van der Waals surface area contributed by atoms with E-state index in [2.05, 4.69) is 9.97 Å². The van der Waals surface area contributed by atoms with Crippen molar-refractivity contribution in [2.24, 2.45) is 5.73 Å². The Hall–Kier alpha value is -2.99. The van der Waals surface area contributed by atoms with Crippen LogP contribution in [0.5, 0.6) is 0 Å². The average Bonchev–Trinajstić information content (AvgIpc) is 3.14. The second-order valence-corrected chi connectivity index (χ2v) is 5.72. The van der Waals surface area contributed by atoms with Crippen LogP contribution in [0.3, 0.4) is 0 Å². The summed E-state index contributed by atoms with van der Waals surface area (Å²) in [5.74, 6) is -0.985. The summed E-state index contributed by atoms with van der Waals surface area (Å²) in [6.07, 6.45) is 2.89. The smallest absolute Gasteiger partial charge is 0.221 e. The maximum Gasteiger partial charge on any atom is 0.221 e. The zero-order valence-corrected chi connectivity index (χ0v) is 13.5. The van der Waals surface area contributed by atoms with Crippen LogP contribution in [0.25, 0.3) is 0 Å².